The van der Waals surface area contributed by atoms with Crippen LogP contribution in [0, 0.1) is 11.3 Å². The van der Waals surface area contributed by atoms with E-state index in [-0.39, 0.29) is 28.6 Å². The second kappa shape index (κ2) is 7.82. The van der Waals surface area contributed by atoms with Gasteiger partial charge in [0.1, 0.15) is 29.6 Å². The zero-order chi connectivity index (χ0) is 22.2. The molecular weight excluding hydrogens is 440 g/mol. The van der Waals surface area contributed by atoms with Crippen molar-refractivity contribution in [2.24, 2.45) is 0 Å². The fourth-order valence-electron chi connectivity index (χ4n) is 3.00. The van der Waals surface area contributed by atoms with E-state index in [2.05, 4.69) is 25.4 Å². The lowest BCUT2D eigenvalue weighted by molar-refractivity contribution is 0.602. The number of benzene rings is 1. The van der Waals surface area contributed by atoms with E-state index in [1.165, 1.54) is 23.1 Å². The van der Waals surface area contributed by atoms with Gasteiger partial charge in [-0.05, 0) is 18.2 Å². The number of imidazole rings is 1. The molecule has 0 saturated heterocycles. The van der Waals surface area contributed by atoms with Gasteiger partial charge in [-0.25, -0.2) is 27.9 Å². The lowest BCUT2D eigenvalue weighted by Gasteiger charge is -2.13. The van der Waals surface area contributed by atoms with Crippen LogP contribution in [0.3, 0.4) is 0 Å². The Labute approximate surface area is 182 Å². The Morgan fingerprint density at radius 3 is 2.81 bits per heavy atom. The number of aromatic nitrogens is 5. The molecule has 0 radical (unpaired) electrons. The van der Waals surface area contributed by atoms with Crippen LogP contribution >= 0.6 is 11.6 Å². The van der Waals surface area contributed by atoms with Crippen LogP contribution in [-0.2, 0) is 16.4 Å². The first-order valence-electron chi connectivity index (χ1n) is 8.86. The Hall–Kier alpha value is -3.75. The largest absolute Gasteiger partial charge is 0.382 e. The van der Waals surface area contributed by atoms with Crippen LogP contribution < -0.4 is 11.1 Å². The Bertz CT molecular complexity index is 1460. The summed E-state index contributed by atoms with van der Waals surface area (Å²) in [6, 6.07) is 10.2. The molecule has 3 heterocycles. The fourth-order valence-corrected chi connectivity index (χ4v) is 3.84. The molecule has 0 atom stereocenters. The number of nitrogen functional groups attached to an aromatic ring is 1. The van der Waals surface area contributed by atoms with Crippen molar-refractivity contribution in [3.8, 4) is 17.3 Å². The number of fused-ring (bicyclic) bond motifs is 1. The van der Waals surface area contributed by atoms with E-state index in [0.29, 0.717) is 27.6 Å². The van der Waals surface area contributed by atoms with Crippen molar-refractivity contribution in [3.05, 3.63) is 59.1 Å². The van der Waals surface area contributed by atoms with E-state index < -0.39 is 9.84 Å². The van der Waals surface area contributed by atoms with E-state index in [1.54, 1.807) is 24.3 Å². The fraction of sp³-hybridized carbons (Fsp3) is 0.105. The van der Waals surface area contributed by atoms with E-state index in [4.69, 9.17) is 17.3 Å². The maximum Gasteiger partial charge on any atom is 0.175 e. The summed E-state index contributed by atoms with van der Waals surface area (Å²) in [5.74, 6) is 0.335. The van der Waals surface area contributed by atoms with Gasteiger partial charge in [-0.15, -0.1) is 0 Å². The van der Waals surface area contributed by atoms with E-state index in [1.807, 2.05) is 6.07 Å². The molecule has 0 aliphatic carbocycles. The van der Waals surface area contributed by atoms with Gasteiger partial charge in [0.2, 0.25) is 0 Å². The van der Waals surface area contributed by atoms with Crippen LogP contribution in [0.1, 0.15) is 11.1 Å². The summed E-state index contributed by atoms with van der Waals surface area (Å²) in [4.78, 5) is 12.3. The van der Waals surface area contributed by atoms with Gasteiger partial charge < -0.3 is 11.1 Å². The highest BCUT2D eigenvalue weighted by Gasteiger charge is 2.16. The predicted octanol–water partition coefficient (Wildman–Crippen LogP) is 2.31. The number of anilines is 2. The van der Waals surface area contributed by atoms with Gasteiger partial charge in [0.25, 0.3) is 0 Å². The molecule has 4 aromatic rings. The summed E-state index contributed by atoms with van der Waals surface area (Å²) >= 11 is 6.18. The number of nitrogens with zero attached hydrogens (tertiary/aromatic N) is 6. The normalized spacial score (nSPS) is 11.4. The van der Waals surface area contributed by atoms with Crippen molar-refractivity contribution in [1.29, 1.82) is 5.26 Å². The van der Waals surface area contributed by atoms with Gasteiger partial charge in [0, 0.05) is 23.9 Å². The van der Waals surface area contributed by atoms with Crippen molar-refractivity contribution in [2.45, 2.75) is 11.4 Å². The minimum atomic E-state index is -3.41. The van der Waals surface area contributed by atoms with Crippen molar-refractivity contribution in [2.75, 3.05) is 17.3 Å². The third-order valence-corrected chi connectivity index (χ3v) is 5.87. The molecule has 0 aliphatic heterocycles. The van der Waals surface area contributed by atoms with Crippen LogP contribution in [-0.4, -0.2) is 39.2 Å². The lowest BCUT2D eigenvalue weighted by Crippen LogP contribution is -2.09. The zero-order valence-corrected chi connectivity index (χ0v) is 17.7. The van der Waals surface area contributed by atoms with Gasteiger partial charge in [0.15, 0.2) is 20.6 Å². The number of hydrogen-bond donors (Lipinski definition) is 2. The summed E-state index contributed by atoms with van der Waals surface area (Å²) in [5.41, 5.74) is 8.13. The summed E-state index contributed by atoms with van der Waals surface area (Å²) < 4.78 is 25.5. The maximum atomic E-state index is 12.0. The summed E-state index contributed by atoms with van der Waals surface area (Å²) in [6.07, 6.45) is 3.86. The number of sulfone groups is 1. The molecule has 3 N–H and O–H groups in total. The highest BCUT2D eigenvalue weighted by Crippen LogP contribution is 2.27. The van der Waals surface area contributed by atoms with Crippen molar-refractivity contribution >= 4 is 38.7 Å². The molecule has 0 spiro atoms. The van der Waals surface area contributed by atoms with Crippen molar-refractivity contribution < 1.29 is 8.42 Å². The summed E-state index contributed by atoms with van der Waals surface area (Å²) in [7, 11) is -3.41. The molecule has 0 saturated carbocycles. The van der Waals surface area contributed by atoms with E-state index in [9.17, 15) is 13.7 Å². The van der Waals surface area contributed by atoms with E-state index >= 15 is 0 Å². The quantitative estimate of drug-likeness (QED) is 0.462. The third-order valence-electron chi connectivity index (χ3n) is 4.50. The van der Waals surface area contributed by atoms with Gasteiger partial charge in [-0.2, -0.15) is 10.4 Å². The van der Waals surface area contributed by atoms with Gasteiger partial charge in [-0.1, -0.05) is 23.7 Å². The Morgan fingerprint density at radius 1 is 1.26 bits per heavy atom. The summed E-state index contributed by atoms with van der Waals surface area (Å²) in [5, 5.41) is 17.3. The molecule has 0 aliphatic rings. The van der Waals surface area contributed by atoms with Crippen LogP contribution in [0.2, 0.25) is 5.15 Å². The zero-order valence-electron chi connectivity index (χ0n) is 16.1. The molecule has 0 unspecified atom stereocenters. The van der Waals surface area contributed by atoms with Gasteiger partial charge in [-0.3, -0.25) is 0 Å². The second-order valence-electron chi connectivity index (χ2n) is 6.62. The van der Waals surface area contributed by atoms with Crippen molar-refractivity contribution in [3.63, 3.8) is 0 Å². The first-order chi connectivity index (χ1) is 14.8. The Morgan fingerprint density at radius 2 is 2.06 bits per heavy atom. The molecule has 10 nitrogen and oxygen atoms in total. The standard InChI is InChI=1S/C19H15ClN8O2S/c1-31(29,30)13-4-2-3-11(5-13)17-12(6-16-23-9-15(20)28(16)27-17)8-24-19-14(7-21)18(22)25-10-26-19/h2-6,9-10H,8H2,1H3,(H3,22,24,25,26). The number of nitrogens with one attached hydrogen (secondary N) is 1. The van der Waals surface area contributed by atoms with Crippen LogP contribution in [0.15, 0.2) is 47.8 Å². The SMILES string of the molecule is CS(=O)(=O)c1cccc(-c2nn3c(Cl)cnc3cc2CNc2ncnc(N)c2C#N)c1. The summed E-state index contributed by atoms with van der Waals surface area (Å²) in [6.45, 7) is 0.206. The molecule has 1 aromatic carbocycles. The Kier molecular flexibility index (Phi) is 5.18. The van der Waals surface area contributed by atoms with Crippen molar-refractivity contribution in [1.82, 2.24) is 24.6 Å². The minimum absolute atomic E-state index is 0.0645. The third kappa shape index (κ3) is 3.98. The first-order valence-corrected chi connectivity index (χ1v) is 11.1. The molecule has 156 valence electrons. The Balaban J connectivity index is 1.82. The molecule has 0 bridgehead atoms. The maximum absolute atomic E-state index is 12.0. The number of halogens is 1. The molecule has 0 fully saturated rings. The molecular formula is C19H15ClN8O2S. The predicted molar refractivity (Wildman–Crippen MR) is 115 cm³/mol. The van der Waals surface area contributed by atoms with Crippen LogP contribution in [0.5, 0.6) is 0 Å². The lowest BCUT2D eigenvalue weighted by atomic mass is 10.1. The molecule has 31 heavy (non-hydrogen) atoms. The monoisotopic (exact) mass is 454 g/mol. The molecule has 12 heteroatoms. The first kappa shape index (κ1) is 20.5. The second-order valence-corrected chi connectivity index (χ2v) is 9.02. The number of nitrogens with two attached hydrogens (primary N) is 1. The molecule has 0 amide bonds. The average Bonchev–Trinajstić information content (AvgIpc) is 3.11. The molecule has 4 rings (SSSR count). The topological polar surface area (TPSA) is 152 Å². The van der Waals surface area contributed by atoms with Crippen LogP contribution in [0.4, 0.5) is 11.6 Å². The number of hydrogen-bond acceptors (Lipinski definition) is 9. The number of nitriles is 1. The molecule has 3 aromatic heterocycles. The average molecular weight is 455 g/mol. The van der Waals surface area contributed by atoms with E-state index in [0.717, 1.165) is 6.26 Å². The van der Waals surface area contributed by atoms with Crippen LogP contribution in [0.25, 0.3) is 16.9 Å². The number of rotatable bonds is 5. The van der Waals surface area contributed by atoms with Gasteiger partial charge >= 0.3 is 0 Å². The minimum Gasteiger partial charge on any atom is -0.382 e. The smallest absolute Gasteiger partial charge is 0.175 e. The highest BCUT2D eigenvalue weighted by atomic mass is 35.5. The highest BCUT2D eigenvalue weighted by molar-refractivity contribution is 7.90. The van der Waals surface area contributed by atoms with Gasteiger partial charge in [0.05, 0.1) is 16.8 Å².